The number of nitrogens with zero attached hydrogens (tertiary/aromatic N) is 12. The number of aromatic nitrogens is 7. The number of piperazine rings is 1. The van der Waals surface area contributed by atoms with Crippen LogP contribution >= 0.6 is 0 Å². The molecule has 0 aliphatic carbocycles. The molecule has 3 N–H and O–H groups in total. The SMILES string of the molecule is CC1=C(C(=O)Nc2ccc3[nH]nc(-c4ccnc(N5CCN(CC6CCN(CC7CCN(c8ccc9c(c8)C(=O)N(C8CCC(=O)NC8=O)C9=O)CC7)CC6)[C@@H](C)C5)c4)c3c2)C(C)(C)n2nnnc2N1C. The Labute approximate surface area is 411 Å². The van der Waals surface area contributed by atoms with E-state index in [1.54, 1.807) is 16.8 Å². The molecule has 20 nitrogen and oxygen atoms in total. The van der Waals surface area contributed by atoms with Gasteiger partial charge in [0.2, 0.25) is 17.8 Å². The Bertz CT molecular complexity index is 2980. The Morgan fingerprint density at radius 2 is 1.61 bits per heavy atom. The molecule has 0 radical (unpaired) electrons. The summed E-state index contributed by atoms with van der Waals surface area (Å²) in [5, 5.41) is 26.4. The number of nitrogens with one attached hydrogen (secondary N) is 3. The fourth-order valence-corrected chi connectivity index (χ4v) is 11.9. The van der Waals surface area contributed by atoms with E-state index in [0.717, 1.165) is 116 Å². The molecule has 370 valence electrons. The van der Waals surface area contributed by atoms with Gasteiger partial charge in [0, 0.05) is 99.5 Å². The minimum absolute atomic E-state index is 0.0993. The van der Waals surface area contributed by atoms with Crippen molar-refractivity contribution in [1.82, 2.24) is 55.4 Å². The number of fused-ring (bicyclic) bond motifs is 3. The van der Waals surface area contributed by atoms with Crippen LogP contribution in [0.15, 0.2) is 66.0 Å². The molecule has 9 heterocycles. The van der Waals surface area contributed by atoms with Crippen molar-refractivity contribution in [2.75, 3.05) is 86.0 Å². The first-order chi connectivity index (χ1) is 34.2. The monoisotopic (exact) mass is 963 g/mol. The summed E-state index contributed by atoms with van der Waals surface area (Å²) >= 11 is 0. The van der Waals surface area contributed by atoms with Crippen molar-refractivity contribution in [3.8, 4) is 11.3 Å². The van der Waals surface area contributed by atoms with E-state index in [1.807, 2.05) is 69.2 Å². The predicted molar refractivity (Wildman–Crippen MR) is 267 cm³/mol. The van der Waals surface area contributed by atoms with Crippen molar-refractivity contribution in [3.63, 3.8) is 0 Å². The van der Waals surface area contributed by atoms with Crippen LogP contribution in [0.25, 0.3) is 22.2 Å². The first-order valence-corrected chi connectivity index (χ1v) is 25.0. The van der Waals surface area contributed by atoms with Crippen molar-refractivity contribution >= 4 is 63.6 Å². The molecule has 0 saturated carbocycles. The molecule has 0 bridgehead atoms. The highest BCUT2D eigenvalue weighted by Gasteiger charge is 2.45. The third-order valence-corrected chi connectivity index (χ3v) is 16.0. The van der Waals surface area contributed by atoms with Crippen LogP contribution in [0.5, 0.6) is 0 Å². The zero-order valence-corrected chi connectivity index (χ0v) is 41.0. The molecule has 2 aromatic carbocycles. The van der Waals surface area contributed by atoms with E-state index in [0.29, 0.717) is 46.2 Å². The number of benzene rings is 2. The maximum atomic E-state index is 13.9. The molecule has 2 atom stereocenters. The predicted octanol–water partition coefficient (Wildman–Crippen LogP) is 4.25. The number of hydrogen-bond acceptors (Lipinski definition) is 15. The van der Waals surface area contributed by atoms with Gasteiger partial charge in [0.25, 0.3) is 17.7 Å². The largest absolute Gasteiger partial charge is 0.371 e. The van der Waals surface area contributed by atoms with Gasteiger partial charge < -0.3 is 24.9 Å². The number of pyridine rings is 1. The van der Waals surface area contributed by atoms with Gasteiger partial charge in [-0.15, -0.1) is 0 Å². The second-order valence-corrected chi connectivity index (χ2v) is 20.8. The Morgan fingerprint density at radius 3 is 2.38 bits per heavy atom. The Kier molecular flexibility index (Phi) is 11.9. The molecule has 5 amide bonds. The van der Waals surface area contributed by atoms with Crippen LogP contribution in [0.1, 0.15) is 86.9 Å². The number of aromatic amines is 1. The average Bonchev–Trinajstić information content (AvgIpc) is 4.10. The van der Waals surface area contributed by atoms with Gasteiger partial charge in [0.1, 0.15) is 17.6 Å². The number of H-pyrrole nitrogens is 1. The topological polar surface area (TPSA) is 214 Å². The van der Waals surface area contributed by atoms with Crippen LogP contribution in [0, 0.1) is 11.8 Å². The third kappa shape index (κ3) is 8.49. The first-order valence-electron chi connectivity index (χ1n) is 25.0. The number of imide groups is 2. The van der Waals surface area contributed by atoms with Crippen LogP contribution in [-0.2, 0) is 19.9 Å². The lowest BCUT2D eigenvalue weighted by Gasteiger charge is -2.43. The highest BCUT2D eigenvalue weighted by molar-refractivity contribution is 6.23. The van der Waals surface area contributed by atoms with Crippen LogP contribution in [0.2, 0.25) is 0 Å². The zero-order valence-electron chi connectivity index (χ0n) is 41.0. The molecule has 0 spiro atoms. The fraction of sp³-hybridized carbons (Fsp3) is 0.490. The molecule has 71 heavy (non-hydrogen) atoms. The van der Waals surface area contributed by atoms with Crippen molar-refractivity contribution in [1.29, 1.82) is 0 Å². The third-order valence-electron chi connectivity index (χ3n) is 16.0. The van der Waals surface area contributed by atoms with E-state index < -0.39 is 29.3 Å². The highest BCUT2D eigenvalue weighted by atomic mass is 16.2. The minimum atomic E-state index is -0.965. The fourth-order valence-electron chi connectivity index (χ4n) is 11.9. The van der Waals surface area contributed by atoms with Crippen LogP contribution < -0.4 is 25.3 Å². The van der Waals surface area contributed by atoms with Gasteiger partial charge in [0.05, 0.1) is 27.8 Å². The van der Waals surface area contributed by atoms with Crippen molar-refractivity contribution in [3.05, 3.63) is 77.1 Å². The normalized spacial score (nSPS) is 22.7. The number of amides is 5. The molecular formula is C51H61N15O5. The standard InChI is InChI=1S/C51H61N15O5/c1-30-27-64(42-24-34(12-17-52-42)45-39-25-35(6-9-40(39)55-56-45)53-47(69)44-31(2)60(5)50-57-58-59-66(50)51(44,3)4)23-22-63(30)29-33-13-18-61(19-14-33)28-32-15-20-62(21-16-32)36-7-8-37-38(26-36)49(71)65(48(37)70)41-10-11-43(67)54-46(41)68/h6-9,12,17,24-26,30,32-33,41H,10-11,13-16,18-23,27-29H2,1-5H3,(H,53,69)(H,55,56)(H,54,67,68)/t30-,41?/m0/s1. The summed E-state index contributed by atoms with van der Waals surface area (Å²) in [4.78, 5) is 82.4. The van der Waals surface area contributed by atoms with E-state index in [-0.39, 0.29) is 24.7 Å². The molecule has 11 rings (SSSR count). The number of carbonyl (C=O) groups excluding carboxylic acids is 5. The smallest absolute Gasteiger partial charge is 0.262 e. The molecule has 1 unspecified atom stereocenters. The Balaban J connectivity index is 0.648. The van der Waals surface area contributed by atoms with Crippen molar-refractivity contribution < 1.29 is 24.0 Å². The summed E-state index contributed by atoms with van der Waals surface area (Å²) < 4.78 is 1.68. The maximum Gasteiger partial charge on any atom is 0.262 e. The lowest BCUT2D eigenvalue weighted by Crippen LogP contribution is -2.54. The number of carbonyl (C=O) groups is 5. The van der Waals surface area contributed by atoms with Crippen molar-refractivity contribution in [2.45, 2.75) is 83.8 Å². The van der Waals surface area contributed by atoms with Crippen molar-refractivity contribution in [2.24, 2.45) is 11.8 Å². The number of anilines is 4. The highest BCUT2D eigenvalue weighted by Crippen LogP contribution is 2.39. The molecule has 6 aliphatic rings. The van der Waals surface area contributed by atoms with E-state index in [2.05, 4.69) is 63.8 Å². The summed E-state index contributed by atoms with van der Waals surface area (Å²) in [5.74, 6) is 0.644. The summed E-state index contributed by atoms with van der Waals surface area (Å²) in [6.07, 6.45) is 6.62. The molecule has 20 heteroatoms. The van der Waals surface area contributed by atoms with Gasteiger partial charge in [-0.1, -0.05) is 5.10 Å². The molecule has 4 saturated heterocycles. The molecule has 6 aliphatic heterocycles. The number of tetrazole rings is 1. The quantitative estimate of drug-likeness (QED) is 0.167. The summed E-state index contributed by atoms with van der Waals surface area (Å²) in [6.45, 7) is 17.1. The second-order valence-electron chi connectivity index (χ2n) is 20.8. The van der Waals surface area contributed by atoms with Crippen LogP contribution in [0.3, 0.4) is 0 Å². The minimum Gasteiger partial charge on any atom is -0.371 e. The average molecular weight is 964 g/mol. The molecule has 5 aromatic rings. The lowest BCUT2D eigenvalue weighted by atomic mass is 9.89. The maximum absolute atomic E-state index is 13.9. The van der Waals surface area contributed by atoms with Gasteiger partial charge in [-0.3, -0.25) is 44.2 Å². The van der Waals surface area contributed by atoms with Gasteiger partial charge in [-0.05, 0) is 144 Å². The molecular weight excluding hydrogens is 903 g/mol. The second kappa shape index (κ2) is 18.3. The van der Waals surface area contributed by atoms with Gasteiger partial charge in [-0.25, -0.2) is 9.67 Å². The van der Waals surface area contributed by atoms with Crippen LogP contribution in [0.4, 0.5) is 23.1 Å². The number of piperidine rings is 3. The number of likely N-dealkylation sites (tertiary alicyclic amines) is 1. The van der Waals surface area contributed by atoms with E-state index >= 15 is 0 Å². The number of rotatable bonds is 10. The number of allylic oxidation sites excluding steroid dienone is 1. The molecule has 4 fully saturated rings. The summed E-state index contributed by atoms with van der Waals surface area (Å²) in [5.41, 5.74) is 5.44. The summed E-state index contributed by atoms with van der Waals surface area (Å²) in [6, 6.07) is 14.7. The van der Waals surface area contributed by atoms with Crippen LogP contribution in [-0.4, -0.2) is 158 Å². The Morgan fingerprint density at radius 1 is 0.845 bits per heavy atom. The zero-order chi connectivity index (χ0) is 49.3. The van der Waals surface area contributed by atoms with E-state index in [1.165, 1.54) is 12.8 Å². The lowest BCUT2D eigenvalue weighted by molar-refractivity contribution is -0.136. The number of hydrogen-bond donors (Lipinski definition) is 3. The van der Waals surface area contributed by atoms with E-state index in [9.17, 15) is 24.0 Å². The Hall–Kier alpha value is -7.06. The summed E-state index contributed by atoms with van der Waals surface area (Å²) in [7, 11) is 1.86. The van der Waals surface area contributed by atoms with Gasteiger partial charge >= 0.3 is 0 Å². The van der Waals surface area contributed by atoms with Gasteiger partial charge in [0.15, 0.2) is 0 Å². The molecule has 3 aromatic heterocycles. The van der Waals surface area contributed by atoms with Gasteiger partial charge in [-0.2, -0.15) is 5.10 Å². The first kappa shape index (κ1) is 46.3. The van der Waals surface area contributed by atoms with E-state index in [4.69, 9.17) is 10.1 Å².